The lowest BCUT2D eigenvalue weighted by Gasteiger charge is -2.28. The van der Waals surface area contributed by atoms with Crippen LogP contribution in [0, 0.1) is 11.2 Å². The molecule has 0 saturated heterocycles. The lowest BCUT2D eigenvalue weighted by Crippen LogP contribution is -2.38. The number of hydrogen-bond donors (Lipinski definition) is 1. The van der Waals surface area contributed by atoms with Crippen molar-refractivity contribution in [1.29, 1.82) is 0 Å². The Bertz CT molecular complexity index is 420. The molecule has 0 aliphatic heterocycles. The molecule has 0 unspecified atom stereocenters. The fourth-order valence-electron chi connectivity index (χ4n) is 2.05. The first-order valence-electron chi connectivity index (χ1n) is 6.13. The number of benzene rings is 1. The molecule has 0 amide bonds. The van der Waals surface area contributed by atoms with E-state index in [9.17, 15) is 9.18 Å². The van der Waals surface area contributed by atoms with Crippen LogP contribution in [0.5, 0.6) is 5.75 Å². The van der Waals surface area contributed by atoms with Crippen LogP contribution in [-0.4, -0.2) is 19.4 Å². The summed E-state index contributed by atoms with van der Waals surface area (Å²) in [6.45, 7) is 4.02. The van der Waals surface area contributed by atoms with Crippen LogP contribution in [0.3, 0.4) is 0 Å². The van der Waals surface area contributed by atoms with E-state index in [1.807, 2.05) is 13.8 Å². The van der Waals surface area contributed by atoms with Gasteiger partial charge in [-0.1, -0.05) is 13.8 Å². The van der Waals surface area contributed by atoms with Crippen molar-refractivity contribution in [3.63, 3.8) is 0 Å². The molecule has 1 rings (SSSR count). The molecule has 0 aliphatic carbocycles. The largest absolute Gasteiger partial charge is 0.497 e. The second kappa shape index (κ2) is 5.96. The Morgan fingerprint density at radius 1 is 1.39 bits per heavy atom. The van der Waals surface area contributed by atoms with Crippen LogP contribution in [0.25, 0.3) is 0 Å². The van der Waals surface area contributed by atoms with E-state index in [0.29, 0.717) is 18.6 Å². The normalized spacial score (nSPS) is 11.4. The minimum absolute atomic E-state index is 0.0879. The lowest BCUT2D eigenvalue weighted by molar-refractivity contribution is 0.0782. The number of carbonyl (C=O) groups is 1. The quantitative estimate of drug-likeness (QED) is 0.793. The summed E-state index contributed by atoms with van der Waals surface area (Å²) in [5.74, 6) is -0.385. The van der Waals surface area contributed by atoms with Crippen molar-refractivity contribution in [3.05, 3.63) is 29.6 Å². The fourth-order valence-corrected chi connectivity index (χ4v) is 2.05. The van der Waals surface area contributed by atoms with E-state index in [2.05, 4.69) is 0 Å². The predicted octanol–water partition coefficient (Wildman–Crippen LogP) is 2.78. The van der Waals surface area contributed by atoms with E-state index in [1.54, 1.807) is 6.07 Å². The van der Waals surface area contributed by atoms with Gasteiger partial charge in [0.1, 0.15) is 11.6 Å². The van der Waals surface area contributed by atoms with Crippen molar-refractivity contribution in [1.82, 2.24) is 0 Å². The molecule has 1 aromatic rings. The number of carbonyl (C=O) groups excluding carboxylic acids is 1. The maximum absolute atomic E-state index is 13.9. The Hall–Kier alpha value is -1.42. The molecular formula is C14H20FNO2. The van der Waals surface area contributed by atoms with Gasteiger partial charge in [-0.05, 0) is 25.0 Å². The molecular weight excluding hydrogens is 233 g/mol. The topological polar surface area (TPSA) is 52.3 Å². The molecule has 0 aliphatic rings. The van der Waals surface area contributed by atoms with E-state index in [0.717, 1.165) is 0 Å². The highest BCUT2D eigenvalue weighted by Crippen LogP contribution is 2.31. The summed E-state index contributed by atoms with van der Waals surface area (Å²) in [7, 11) is 1.46. The van der Waals surface area contributed by atoms with Crippen molar-refractivity contribution < 1.29 is 13.9 Å². The second-order valence-corrected chi connectivity index (χ2v) is 4.37. The Labute approximate surface area is 107 Å². The molecule has 0 saturated carbocycles. The average molecular weight is 253 g/mol. The highest BCUT2D eigenvalue weighted by atomic mass is 19.1. The van der Waals surface area contributed by atoms with Gasteiger partial charge in [0.15, 0.2) is 5.78 Å². The van der Waals surface area contributed by atoms with Gasteiger partial charge in [-0.2, -0.15) is 0 Å². The highest BCUT2D eigenvalue weighted by molar-refractivity contribution is 6.01. The van der Waals surface area contributed by atoms with Crippen molar-refractivity contribution in [3.8, 4) is 5.75 Å². The zero-order valence-corrected chi connectivity index (χ0v) is 11.1. The molecule has 0 fully saturated rings. The van der Waals surface area contributed by atoms with Crippen molar-refractivity contribution in [2.24, 2.45) is 11.1 Å². The third-order valence-corrected chi connectivity index (χ3v) is 3.65. The monoisotopic (exact) mass is 253 g/mol. The number of halogens is 1. The summed E-state index contributed by atoms with van der Waals surface area (Å²) >= 11 is 0. The summed E-state index contributed by atoms with van der Waals surface area (Å²) in [4.78, 5) is 12.4. The van der Waals surface area contributed by atoms with Gasteiger partial charge in [-0.3, -0.25) is 4.79 Å². The first-order chi connectivity index (χ1) is 8.54. The number of rotatable bonds is 6. The van der Waals surface area contributed by atoms with Crippen LogP contribution >= 0.6 is 0 Å². The average Bonchev–Trinajstić information content (AvgIpc) is 2.41. The minimum atomic E-state index is -0.671. The van der Waals surface area contributed by atoms with Gasteiger partial charge in [-0.15, -0.1) is 0 Å². The van der Waals surface area contributed by atoms with Crippen LogP contribution in [0.15, 0.2) is 18.2 Å². The van der Waals surface area contributed by atoms with E-state index >= 15 is 0 Å². The number of hydrogen-bond acceptors (Lipinski definition) is 3. The van der Waals surface area contributed by atoms with Crippen LogP contribution in [0.1, 0.15) is 37.0 Å². The molecule has 0 bridgehead atoms. The summed E-state index contributed by atoms with van der Waals surface area (Å²) in [5, 5.41) is 0. The fraction of sp³-hybridized carbons (Fsp3) is 0.500. The Balaban J connectivity index is 3.17. The van der Waals surface area contributed by atoms with Crippen molar-refractivity contribution in [2.45, 2.75) is 26.7 Å². The number of Topliss-reactive ketones (excluding diaryl/α,β-unsaturated/α-hetero) is 1. The molecule has 2 N–H and O–H groups in total. The molecule has 3 nitrogen and oxygen atoms in total. The van der Waals surface area contributed by atoms with Crippen LogP contribution in [-0.2, 0) is 0 Å². The SMILES string of the molecule is CCC(CC)(CN)C(=O)c1ccc(OC)cc1F. The van der Waals surface area contributed by atoms with Gasteiger partial charge in [0.2, 0.25) is 0 Å². The maximum Gasteiger partial charge on any atom is 0.173 e. The number of nitrogens with two attached hydrogens (primary N) is 1. The first-order valence-corrected chi connectivity index (χ1v) is 6.13. The molecule has 1 aromatic carbocycles. The van der Waals surface area contributed by atoms with E-state index < -0.39 is 11.2 Å². The Morgan fingerprint density at radius 2 is 2.00 bits per heavy atom. The van der Waals surface area contributed by atoms with Gasteiger partial charge in [0, 0.05) is 18.0 Å². The zero-order chi connectivity index (χ0) is 13.8. The second-order valence-electron chi connectivity index (χ2n) is 4.37. The predicted molar refractivity (Wildman–Crippen MR) is 69.4 cm³/mol. The standard InChI is InChI=1S/C14H20FNO2/c1-4-14(5-2,9-16)13(17)11-7-6-10(18-3)8-12(11)15/h6-8H,4-5,9,16H2,1-3H3. The zero-order valence-electron chi connectivity index (χ0n) is 11.1. The summed E-state index contributed by atoms with van der Waals surface area (Å²) in [6, 6.07) is 4.27. The smallest absolute Gasteiger partial charge is 0.173 e. The third-order valence-electron chi connectivity index (χ3n) is 3.65. The third kappa shape index (κ3) is 2.53. The highest BCUT2D eigenvalue weighted by Gasteiger charge is 2.35. The van der Waals surface area contributed by atoms with Gasteiger partial charge >= 0.3 is 0 Å². The Morgan fingerprint density at radius 3 is 2.39 bits per heavy atom. The number of methoxy groups -OCH3 is 1. The molecule has 0 atom stereocenters. The van der Waals surface area contributed by atoms with Crippen LogP contribution in [0.4, 0.5) is 4.39 Å². The van der Waals surface area contributed by atoms with E-state index in [1.165, 1.54) is 19.2 Å². The molecule has 4 heteroatoms. The summed E-state index contributed by atoms with van der Waals surface area (Å²) < 4.78 is 18.8. The molecule has 0 aromatic heterocycles. The van der Waals surface area contributed by atoms with Crippen molar-refractivity contribution in [2.75, 3.05) is 13.7 Å². The minimum Gasteiger partial charge on any atom is -0.497 e. The van der Waals surface area contributed by atoms with Gasteiger partial charge in [0.25, 0.3) is 0 Å². The molecule has 18 heavy (non-hydrogen) atoms. The maximum atomic E-state index is 13.9. The van der Waals surface area contributed by atoms with Crippen LogP contribution in [0.2, 0.25) is 0 Å². The van der Waals surface area contributed by atoms with Gasteiger partial charge < -0.3 is 10.5 Å². The lowest BCUT2D eigenvalue weighted by atomic mass is 9.76. The van der Waals surface area contributed by atoms with Crippen molar-refractivity contribution >= 4 is 5.78 Å². The molecule has 0 heterocycles. The van der Waals surface area contributed by atoms with Gasteiger partial charge in [-0.25, -0.2) is 4.39 Å². The summed E-state index contributed by atoms with van der Waals surface area (Å²) in [5.41, 5.74) is 5.12. The number of ether oxygens (including phenoxy) is 1. The molecule has 100 valence electrons. The summed E-state index contributed by atoms with van der Waals surface area (Å²) in [6.07, 6.45) is 1.20. The van der Waals surface area contributed by atoms with Crippen LogP contribution < -0.4 is 10.5 Å². The molecule has 0 radical (unpaired) electrons. The number of ketones is 1. The van der Waals surface area contributed by atoms with Gasteiger partial charge in [0.05, 0.1) is 12.7 Å². The Kier molecular flexibility index (Phi) is 4.84. The first kappa shape index (κ1) is 14.6. The van der Waals surface area contributed by atoms with E-state index in [4.69, 9.17) is 10.5 Å². The molecule has 0 spiro atoms. The van der Waals surface area contributed by atoms with E-state index in [-0.39, 0.29) is 17.9 Å².